The van der Waals surface area contributed by atoms with E-state index in [1.165, 1.54) is 4.90 Å². The summed E-state index contributed by atoms with van der Waals surface area (Å²) in [7, 11) is -3.84. The first-order valence-electron chi connectivity index (χ1n) is 11.6. The molecule has 0 saturated heterocycles. The van der Waals surface area contributed by atoms with Crippen LogP contribution in [0.15, 0.2) is 36.4 Å². The lowest BCUT2D eigenvalue weighted by molar-refractivity contribution is -0.140. The molecule has 2 rings (SSSR count). The molecule has 0 saturated carbocycles. The van der Waals surface area contributed by atoms with Crippen LogP contribution in [0.5, 0.6) is 0 Å². The third-order valence-electron chi connectivity index (χ3n) is 5.53. The molecule has 37 heavy (non-hydrogen) atoms. The highest BCUT2D eigenvalue weighted by atomic mass is 35.5. The van der Waals surface area contributed by atoms with E-state index in [-0.39, 0.29) is 43.4 Å². The van der Waals surface area contributed by atoms with E-state index < -0.39 is 33.6 Å². The summed E-state index contributed by atoms with van der Waals surface area (Å²) in [6.45, 7) is 5.87. The van der Waals surface area contributed by atoms with Crippen molar-refractivity contribution in [2.45, 2.75) is 46.2 Å². The van der Waals surface area contributed by atoms with Crippen molar-refractivity contribution in [1.29, 1.82) is 0 Å². The van der Waals surface area contributed by atoms with Crippen LogP contribution < -0.4 is 9.62 Å². The van der Waals surface area contributed by atoms with Gasteiger partial charge in [-0.1, -0.05) is 43.1 Å². The van der Waals surface area contributed by atoms with E-state index >= 15 is 0 Å². The molecule has 2 aromatic carbocycles. The summed E-state index contributed by atoms with van der Waals surface area (Å²) >= 11 is 12.1. The van der Waals surface area contributed by atoms with Gasteiger partial charge in [0.15, 0.2) is 11.6 Å². The zero-order valence-corrected chi connectivity index (χ0v) is 23.4. The Morgan fingerprint density at radius 2 is 1.68 bits per heavy atom. The molecule has 0 aliphatic rings. The Hall–Kier alpha value is -2.43. The van der Waals surface area contributed by atoms with Crippen LogP contribution in [-0.4, -0.2) is 50.5 Å². The highest BCUT2D eigenvalue weighted by molar-refractivity contribution is 7.92. The minimum Gasteiger partial charge on any atom is -0.354 e. The maximum absolute atomic E-state index is 13.7. The molecule has 0 aromatic heterocycles. The van der Waals surface area contributed by atoms with Crippen LogP contribution in [0.25, 0.3) is 0 Å². The van der Waals surface area contributed by atoms with Gasteiger partial charge in [0.2, 0.25) is 21.8 Å². The number of hydrogen-bond donors (Lipinski definition) is 1. The van der Waals surface area contributed by atoms with E-state index in [9.17, 15) is 26.8 Å². The topological polar surface area (TPSA) is 86.8 Å². The number of amides is 2. The van der Waals surface area contributed by atoms with Crippen LogP contribution in [0.4, 0.5) is 14.5 Å². The summed E-state index contributed by atoms with van der Waals surface area (Å²) in [6, 6.07) is 6.85. The Bertz CT molecular complexity index is 1230. The Labute approximate surface area is 226 Å². The van der Waals surface area contributed by atoms with E-state index in [2.05, 4.69) is 5.32 Å². The summed E-state index contributed by atoms with van der Waals surface area (Å²) in [5.74, 6) is -2.79. The largest absolute Gasteiger partial charge is 0.354 e. The van der Waals surface area contributed by atoms with Gasteiger partial charge in [-0.05, 0) is 49.1 Å². The normalized spacial score (nSPS) is 12.4. The van der Waals surface area contributed by atoms with Crippen molar-refractivity contribution < 1.29 is 26.8 Å². The molecule has 0 heterocycles. The molecule has 0 bridgehead atoms. The Balaban J connectivity index is 2.20. The monoisotopic (exact) mass is 577 g/mol. The summed E-state index contributed by atoms with van der Waals surface area (Å²) < 4.78 is 52.5. The fourth-order valence-electron chi connectivity index (χ4n) is 3.51. The third kappa shape index (κ3) is 9.12. The third-order valence-corrected chi connectivity index (χ3v) is 7.47. The van der Waals surface area contributed by atoms with Gasteiger partial charge in [0.05, 0.1) is 22.0 Å². The maximum Gasteiger partial charge on any atom is 0.242 e. The standard InChI is InChI=1S/C25H31Cl2F2N3O4S/c1-16(2)14-30-25(34)17(3)31(15-18-7-9-20(26)21(27)12-18)24(33)6-5-11-32(37(4,35)36)19-8-10-22(28)23(29)13-19/h7-10,12-13,16-17H,5-6,11,14-15H2,1-4H3,(H,30,34). The lowest BCUT2D eigenvalue weighted by Crippen LogP contribution is -2.48. The Morgan fingerprint density at radius 1 is 1.00 bits per heavy atom. The molecule has 0 radical (unpaired) electrons. The van der Waals surface area contributed by atoms with Crippen LogP contribution >= 0.6 is 23.2 Å². The van der Waals surface area contributed by atoms with Crippen molar-refractivity contribution in [3.05, 3.63) is 63.6 Å². The van der Waals surface area contributed by atoms with Crippen LogP contribution in [0.2, 0.25) is 10.0 Å². The molecular weight excluding hydrogens is 547 g/mol. The van der Waals surface area contributed by atoms with Gasteiger partial charge < -0.3 is 10.2 Å². The minimum absolute atomic E-state index is 0.0528. The molecule has 1 unspecified atom stereocenters. The average Bonchev–Trinajstić information content (AvgIpc) is 2.81. The van der Waals surface area contributed by atoms with Gasteiger partial charge in [-0.25, -0.2) is 17.2 Å². The number of nitrogens with one attached hydrogen (secondary N) is 1. The summed E-state index contributed by atoms with van der Waals surface area (Å²) in [6.07, 6.45) is 0.912. The van der Waals surface area contributed by atoms with Gasteiger partial charge in [0, 0.05) is 32.1 Å². The molecular formula is C25H31Cl2F2N3O4S. The van der Waals surface area contributed by atoms with E-state index in [4.69, 9.17) is 23.2 Å². The van der Waals surface area contributed by atoms with Crippen molar-refractivity contribution in [3.63, 3.8) is 0 Å². The predicted octanol–water partition coefficient (Wildman–Crippen LogP) is 5.01. The van der Waals surface area contributed by atoms with Gasteiger partial charge in [0.25, 0.3) is 0 Å². The molecule has 12 heteroatoms. The number of benzene rings is 2. The number of halogens is 4. The van der Waals surface area contributed by atoms with E-state index in [1.54, 1.807) is 25.1 Å². The Kier molecular flexibility index (Phi) is 11.1. The number of carbonyl (C=O) groups excluding carboxylic acids is 2. The van der Waals surface area contributed by atoms with Crippen molar-refractivity contribution in [3.8, 4) is 0 Å². The highest BCUT2D eigenvalue weighted by Gasteiger charge is 2.27. The maximum atomic E-state index is 13.7. The molecule has 0 spiro atoms. The van der Waals surface area contributed by atoms with Crippen molar-refractivity contribution in [2.75, 3.05) is 23.7 Å². The van der Waals surface area contributed by atoms with Gasteiger partial charge >= 0.3 is 0 Å². The second-order valence-corrected chi connectivity index (χ2v) is 11.8. The first-order chi connectivity index (χ1) is 17.2. The minimum atomic E-state index is -3.84. The molecule has 1 N–H and O–H groups in total. The summed E-state index contributed by atoms with van der Waals surface area (Å²) in [5.41, 5.74) is 0.605. The first kappa shape index (κ1) is 30.8. The van der Waals surface area contributed by atoms with Crippen molar-refractivity contribution in [1.82, 2.24) is 10.2 Å². The molecule has 0 aliphatic carbocycles. The Morgan fingerprint density at radius 3 is 2.24 bits per heavy atom. The van der Waals surface area contributed by atoms with E-state index in [0.717, 1.165) is 28.8 Å². The fraction of sp³-hybridized carbons (Fsp3) is 0.440. The van der Waals surface area contributed by atoms with Crippen LogP contribution in [0, 0.1) is 17.6 Å². The SMILES string of the molecule is CC(C)CNC(=O)C(C)N(Cc1ccc(Cl)c(Cl)c1)C(=O)CCCN(c1ccc(F)c(F)c1)S(C)(=O)=O. The number of hydrogen-bond acceptors (Lipinski definition) is 4. The van der Waals surface area contributed by atoms with Gasteiger partial charge in [-0.15, -0.1) is 0 Å². The van der Waals surface area contributed by atoms with Crippen LogP contribution in [0.1, 0.15) is 39.2 Å². The lowest BCUT2D eigenvalue weighted by atomic mass is 10.1. The number of nitrogens with zero attached hydrogens (tertiary/aromatic N) is 2. The molecule has 0 fully saturated rings. The second kappa shape index (κ2) is 13.4. The zero-order chi connectivity index (χ0) is 27.9. The van der Waals surface area contributed by atoms with Crippen molar-refractivity contribution >= 4 is 50.7 Å². The van der Waals surface area contributed by atoms with Gasteiger partial charge in [-0.3, -0.25) is 13.9 Å². The summed E-state index contributed by atoms with van der Waals surface area (Å²) in [5, 5.41) is 3.47. The highest BCUT2D eigenvalue weighted by Crippen LogP contribution is 2.25. The quantitative estimate of drug-likeness (QED) is 0.384. The second-order valence-electron chi connectivity index (χ2n) is 9.12. The lowest BCUT2D eigenvalue weighted by Gasteiger charge is -2.30. The predicted molar refractivity (Wildman–Crippen MR) is 142 cm³/mol. The van der Waals surface area contributed by atoms with Gasteiger partial charge in [0.1, 0.15) is 6.04 Å². The number of sulfonamides is 1. The molecule has 1 atom stereocenters. The van der Waals surface area contributed by atoms with E-state index in [0.29, 0.717) is 22.2 Å². The fourth-order valence-corrected chi connectivity index (χ4v) is 4.79. The van der Waals surface area contributed by atoms with Crippen LogP contribution in [0.3, 0.4) is 0 Å². The summed E-state index contributed by atoms with van der Waals surface area (Å²) in [4.78, 5) is 27.4. The zero-order valence-electron chi connectivity index (χ0n) is 21.1. The number of carbonyl (C=O) groups is 2. The number of anilines is 1. The first-order valence-corrected chi connectivity index (χ1v) is 14.2. The molecule has 7 nitrogen and oxygen atoms in total. The molecule has 2 amide bonds. The smallest absolute Gasteiger partial charge is 0.242 e. The molecule has 0 aliphatic heterocycles. The molecule has 2 aromatic rings. The van der Waals surface area contributed by atoms with Gasteiger partial charge in [-0.2, -0.15) is 0 Å². The van der Waals surface area contributed by atoms with E-state index in [1.807, 2.05) is 13.8 Å². The molecule has 204 valence electrons. The van der Waals surface area contributed by atoms with Crippen molar-refractivity contribution in [2.24, 2.45) is 5.92 Å². The van der Waals surface area contributed by atoms with Crippen LogP contribution in [-0.2, 0) is 26.2 Å². The average molecular weight is 579 g/mol. The number of rotatable bonds is 12.